The van der Waals surface area contributed by atoms with Crippen LogP contribution in [0, 0.1) is 13.8 Å². The van der Waals surface area contributed by atoms with E-state index < -0.39 is 17.7 Å². The molecule has 1 fully saturated rings. The smallest absolute Gasteiger partial charge is 0.301 e. The summed E-state index contributed by atoms with van der Waals surface area (Å²) < 4.78 is 5.90. The van der Waals surface area contributed by atoms with Crippen molar-refractivity contribution in [2.45, 2.75) is 46.3 Å². The van der Waals surface area contributed by atoms with Gasteiger partial charge in [0.1, 0.15) is 23.1 Å². The second-order valence-corrected chi connectivity index (χ2v) is 11.1. The van der Waals surface area contributed by atoms with Crippen molar-refractivity contribution in [2.24, 2.45) is 0 Å². The molecule has 0 bridgehead atoms. The highest BCUT2D eigenvalue weighted by molar-refractivity contribution is 7.15. The average molecular weight is 540 g/mol. The predicted molar refractivity (Wildman–Crippen MR) is 152 cm³/mol. The van der Waals surface area contributed by atoms with Crippen LogP contribution in [0.4, 0.5) is 5.13 Å². The van der Waals surface area contributed by atoms with Crippen molar-refractivity contribution in [2.75, 3.05) is 4.90 Å². The maximum Gasteiger partial charge on any atom is 0.301 e. The van der Waals surface area contributed by atoms with Crippen LogP contribution in [0.3, 0.4) is 0 Å². The topological polar surface area (TPSA) is 92.6 Å². The molecule has 2 heterocycles. The SMILES string of the molecule is Cc1cccc(COc2ccc(C(O)=C3C(=O)C(=O)N(c4nnc(C)s4)C3c3ccc(C(C)C)cc3)cc2)c1. The summed E-state index contributed by atoms with van der Waals surface area (Å²) in [4.78, 5) is 27.9. The lowest BCUT2D eigenvalue weighted by Crippen LogP contribution is -2.29. The molecule has 7 nitrogen and oxygen atoms in total. The minimum absolute atomic E-state index is 0.0126. The van der Waals surface area contributed by atoms with Crippen LogP contribution >= 0.6 is 11.3 Å². The summed E-state index contributed by atoms with van der Waals surface area (Å²) in [5, 5.41) is 20.5. The van der Waals surface area contributed by atoms with Crippen molar-refractivity contribution >= 4 is 33.9 Å². The number of ether oxygens (including phenoxy) is 1. The van der Waals surface area contributed by atoms with Crippen LogP contribution in [0.5, 0.6) is 5.75 Å². The molecule has 0 spiro atoms. The summed E-state index contributed by atoms with van der Waals surface area (Å²) in [6, 6.07) is 21.8. The molecule has 1 aliphatic heterocycles. The third-order valence-corrected chi connectivity index (χ3v) is 7.54. The number of ketones is 1. The maximum atomic E-state index is 13.3. The minimum atomic E-state index is -0.837. The lowest BCUT2D eigenvalue weighted by atomic mass is 9.93. The van der Waals surface area contributed by atoms with Crippen LogP contribution in [0.25, 0.3) is 5.76 Å². The van der Waals surface area contributed by atoms with Gasteiger partial charge in [0.25, 0.3) is 5.78 Å². The number of aliphatic hydroxyl groups is 1. The zero-order valence-electron chi connectivity index (χ0n) is 22.2. The molecular weight excluding hydrogens is 510 g/mol. The highest BCUT2D eigenvalue weighted by atomic mass is 32.1. The first-order valence-corrected chi connectivity index (χ1v) is 13.5. The lowest BCUT2D eigenvalue weighted by Gasteiger charge is -2.23. The van der Waals surface area contributed by atoms with Gasteiger partial charge in [-0.25, -0.2) is 0 Å². The van der Waals surface area contributed by atoms with Crippen molar-refractivity contribution in [1.82, 2.24) is 10.2 Å². The van der Waals surface area contributed by atoms with Gasteiger partial charge in [0.2, 0.25) is 5.13 Å². The predicted octanol–water partition coefficient (Wildman–Crippen LogP) is 6.48. The molecule has 1 atom stereocenters. The molecule has 39 heavy (non-hydrogen) atoms. The number of hydrogen-bond donors (Lipinski definition) is 1. The molecule has 1 aromatic heterocycles. The number of aromatic nitrogens is 2. The number of aryl methyl sites for hydroxylation is 2. The molecule has 4 aromatic rings. The highest BCUT2D eigenvalue weighted by Crippen LogP contribution is 2.43. The van der Waals surface area contributed by atoms with E-state index >= 15 is 0 Å². The van der Waals surface area contributed by atoms with Crippen LogP contribution < -0.4 is 9.64 Å². The first kappa shape index (κ1) is 26.3. The number of nitrogens with zero attached hydrogens (tertiary/aromatic N) is 3. The summed E-state index contributed by atoms with van der Waals surface area (Å²) in [5.41, 5.74) is 4.46. The van der Waals surface area contributed by atoms with Crippen LogP contribution in [-0.4, -0.2) is 27.0 Å². The molecule has 1 unspecified atom stereocenters. The standard InChI is InChI=1S/C31H29N3O4S/c1-18(2)22-8-10-23(11-9-22)27-26(29(36)30(37)34(27)31-33-32-20(4)39-31)28(35)24-12-14-25(15-13-24)38-17-21-7-5-6-19(3)16-21/h5-16,18,27,35H,17H2,1-4H3. The number of hydrogen-bond acceptors (Lipinski definition) is 7. The van der Waals surface area contributed by atoms with E-state index in [0.717, 1.165) is 16.7 Å². The van der Waals surface area contributed by atoms with Gasteiger partial charge in [0, 0.05) is 5.56 Å². The number of anilines is 1. The van der Waals surface area contributed by atoms with Crippen molar-refractivity contribution in [3.8, 4) is 5.75 Å². The second kappa shape index (κ2) is 10.8. The molecule has 0 saturated carbocycles. The van der Waals surface area contributed by atoms with Gasteiger partial charge in [-0.3, -0.25) is 14.5 Å². The Bertz CT molecular complexity index is 1560. The summed E-state index contributed by atoms with van der Waals surface area (Å²) in [7, 11) is 0. The Hall–Kier alpha value is -4.30. The maximum absolute atomic E-state index is 13.3. The average Bonchev–Trinajstić information content (AvgIpc) is 3.47. The van der Waals surface area contributed by atoms with E-state index in [1.807, 2.05) is 49.4 Å². The Morgan fingerprint density at radius 1 is 1.00 bits per heavy atom. The van der Waals surface area contributed by atoms with Gasteiger partial charge in [0.05, 0.1) is 11.6 Å². The largest absolute Gasteiger partial charge is 0.507 e. The fraction of sp³-hybridized carbons (Fsp3) is 0.226. The molecule has 1 amide bonds. The Morgan fingerprint density at radius 3 is 2.33 bits per heavy atom. The van der Waals surface area contributed by atoms with E-state index in [0.29, 0.717) is 39.5 Å². The molecule has 198 valence electrons. The normalized spacial score (nSPS) is 16.7. The van der Waals surface area contributed by atoms with Crippen LogP contribution in [0.2, 0.25) is 0 Å². The summed E-state index contributed by atoms with van der Waals surface area (Å²) >= 11 is 1.22. The monoisotopic (exact) mass is 539 g/mol. The minimum Gasteiger partial charge on any atom is -0.507 e. The van der Waals surface area contributed by atoms with Crippen molar-refractivity contribution in [3.05, 3.63) is 111 Å². The molecule has 1 saturated heterocycles. The van der Waals surface area contributed by atoms with Crippen LogP contribution in [0.15, 0.2) is 78.4 Å². The van der Waals surface area contributed by atoms with E-state index in [2.05, 4.69) is 30.1 Å². The number of benzene rings is 3. The number of amides is 1. The van der Waals surface area contributed by atoms with E-state index in [1.54, 1.807) is 31.2 Å². The third-order valence-electron chi connectivity index (χ3n) is 6.70. The molecule has 1 aliphatic rings. The third kappa shape index (κ3) is 5.33. The van der Waals surface area contributed by atoms with E-state index in [9.17, 15) is 14.7 Å². The number of rotatable bonds is 7. The zero-order chi connectivity index (χ0) is 27.7. The lowest BCUT2D eigenvalue weighted by molar-refractivity contribution is -0.132. The molecular formula is C31H29N3O4S. The fourth-order valence-corrected chi connectivity index (χ4v) is 5.34. The van der Waals surface area contributed by atoms with Crippen molar-refractivity contribution in [1.29, 1.82) is 0 Å². The molecule has 0 radical (unpaired) electrons. The van der Waals surface area contributed by atoms with Crippen LogP contribution in [-0.2, 0) is 16.2 Å². The fourth-order valence-electron chi connectivity index (χ4n) is 4.63. The Kier molecular flexibility index (Phi) is 7.30. The van der Waals surface area contributed by atoms with Gasteiger partial charge in [-0.05, 0) is 60.7 Å². The van der Waals surface area contributed by atoms with Crippen molar-refractivity contribution in [3.63, 3.8) is 0 Å². The van der Waals surface area contributed by atoms with Crippen molar-refractivity contribution < 1.29 is 19.4 Å². The Balaban J connectivity index is 1.50. The summed E-state index contributed by atoms with van der Waals surface area (Å²) in [5.74, 6) is -0.816. The van der Waals surface area contributed by atoms with Gasteiger partial charge >= 0.3 is 5.91 Å². The summed E-state index contributed by atoms with van der Waals surface area (Å²) in [6.45, 7) is 8.42. The van der Waals surface area contributed by atoms with Gasteiger partial charge < -0.3 is 9.84 Å². The van der Waals surface area contributed by atoms with E-state index in [-0.39, 0.29) is 11.3 Å². The van der Waals surface area contributed by atoms with Gasteiger partial charge in [-0.2, -0.15) is 0 Å². The summed E-state index contributed by atoms with van der Waals surface area (Å²) in [6.07, 6.45) is 0. The number of aliphatic hydroxyl groups excluding tert-OH is 1. The van der Waals surface area contributed by atoms with Gasteiger partial charge in [-0.15, -0.1) is 10.2 Å². The number of carbonyl (C=O) groups excluding carboxylic acids is 2. The zero-order valence-corrected chi connectivity index (χ0v) is 23.0. The van der Waals surface area contributed by atoms with E-state index in [1.165, 1.54) is 16.2 Å². The van der Waals surface area contributed by atoms with Gasteiger partial charge in [-0.1, -0.05) is 79.3 Å². The molecule has 1 N–H and O–H groups in total. The molecule has 0 aliphatic carbocycles. The number of carbonyl (C=O) groups is 2. The van der Waals surface area contributed by atoms with E-state index in [4.69, 9.17) is 4.74 Å². The van der Waals surface area contributed by atoms with Crippen LogP contribution in [0.1, 0.15) is 58.6 Å². The Morgan fingerprint density at radius 2 is 1.72 bits per heavy atom. The molecule has 5 rings (SSSR count). The number of Topliss-reactive ketones (excluding diaryl/α,β-unsaturated/α-hetero) is 1. The quantitative estimate of drug-likeness (QED) is 0.164. The molecule has 3 aromatic carbocycles. The second-order valence-electron chi connectivity index (χ2n) is 9.90. The first-order valence-electron chi connectivity index (χ1n) is 12.7. The highest BCUT2D eigenvalue weighted by Gasteiger charge is 2.48. The van der Waals surface area contributed by atoms with Gasteiger partial charge in [0.15, 0.2) is 0 Å². The Labute approximate surface area is 231 Å². The first-order chi connectivity index (χ1) is 18.7. The molecule has 8 heteroatoms.